The second-order valence-corrected chi connectivity index (χ2v) is 4.57. The van der Waals surface area contributed by atoms with Gasteiger partial charge in [-0.3, -0.25) is 4.90 Å². The molecule has 0 unspecified atom stereocenters. The van der Waals surface area contributed by atoms with E-state index < -0.39 is 0 Å². The maximum Gasteiger partial charge on any atom is 0.131 e. The van der Waals surface area contributed by atoms with Crippen LogP contribution in [0.5, 0.6) is 5.75 Å². The Balaban J connectivity index is 0.00000180. The molecule has 0 amide bonds. The Kier molecular flexibility index (Phi) is 9.14. The summed E-state index contributed by atoms with van der Waals surface area (Å²) in [5.74, 6) is 0.486. The smallest absolute Gasteiger partial charge is 0.131 e. The molecule has 1 aliphatic heterocycles. The van der Waals surface area contributed by atoms with Crippen molar-refractivity contribution in [2.24, 2.45) is 0 Å². The summed E-state index contributed by atoms with van der Waals surface area (Å²) in [5, 5.41) is 3.32. The predicted molar refractivity (Wildman–Crippen MR) is 84.9 cm³/mol. The number of benzene rings is 1. The van der Waals surface area contributed by atoms with Crippen molar-refractivity contribution in [1.29, 1.82) is 0 Å². The zero-order valence-electron chi connectivity index (χ0n) is 11.9. The molecule has 1 saturated heterocycles. The van der Waals surface area contributed by atoms with Crippen LogP contribution in [0.2, 0.25) is 0 Å². The minimum Gasteiger partial charge on any atom is -0.496 e. The monoisotopic (exact) mass is 324 g/mol. The molecule has 116 valence electrons. The largest absolute Gasteiger partial charge is 0.496 e. The number of piperazine rings is 1. The predicted octanol–water partition coefficient (Wildman–Crippen LogP) is 3.03. The zero-order chi connectivity index (χ0) is 13.0. The number of hydrogen-bond donors (Lipinski definition) is 1. The summed E-state index contributed by atoms with van der Waals surface area (Å²) in [6, 6.07) is 5.15. The lowest BCUT2D eigenvalue weighted by Crippen LogP contribution is -2.45. The Morgan fingerprint density at radius 2 is 1.95 bits per heavy atom. The molecule has 1 heterocycles. The van der Waals surface area contributed by atoms with E-state index in [1.54, 1.807) is 13.2 Å². The first kappa shape index (κ1) is 19.4. The fraction of sp³-hybridized carbons (Fsp3) is 0.571. The van der Waals surface area contributed by atoms with Gasteiger partial charge in [0, 0.05) is 37.8 Å². The lowest BCUT2D eigenvalue weighted by Gasteiger charge is -2.35. The van der Waals surface area contributed by atoms with Crippen LogP contribution in [0, 0.1) is 5.82 Å². The fourth-order valence-electron chi connectivity index (χ4n) is 2.66. The second-order valence-electron chi connectivity index (χ2n) is 4.57. The molecule has 2 rings (SSSR count). The van der Waals surface area contributed by atoms with E-state index in [0.717, 1.165) is 32.6 Å². The lowest BCUT2D eigenvalue weighted by atomic mass is 10.00. The molecule has 1 fully saturated rings. The number of hydrogen-bond acceptors (Lipinski definition) is 3. The Morgan fingerprint density at radius 3 is 2.50 bits per heavy atom. The zero-order valence-corrected chi connectivity index (χ0v) is 13.5. The normalized spacial score (nSPS) is 16.8. The Hall–Kier alpha value is -0.550. The number of methoxy groups -OCH3 is 1. The third kappa shape index (κ3) is 4.22. The molecule has 0 bridgehead atoms. The van der Waals surface area contributed by atoms with Gasteiger partial charge in [-0.2, -0.15) is 0 Å². The molecule has 6 heteroatoms. The van der Waals surface area contributed by atoms with Crippen molar-refractivity contribution in [1.82, 2.24) is 10.2 Å². The quantitative estimate of drug-likeness (QED) is 0.921. The summed E-state index contributed by atoms with van der Waals surface area (Å²) in [7, 11) is 1.60. The van der Waals surface area contributed by atoms with Crippen LogP contribution in [0.3, 0.4) is 0 Å². The standard InChI is InChI=1S/C14H21FN2O.2ClH/c1-3-12(17-9-7-16-8-10-17)14-11(15)5-4-6-13(14)18-2;;/h4-6,12,16H,3,7-10H2,1-2H3;2*1H/t12-;;/m1../s1. The van der Waals surface area contributed by atoms with Crippen molar-refractivity contribution >= 4 is 24.8 Å². The number of ether oxygens (including phenoxy) is 1. The molecule has 1 N–H and O–H groups in total. The van der Waals surface area contributed by atoms with Gasteiger partial charge in [0.05, 0.1) is 7.11 Å². The van der Waals surface area contributed by atoms with Crippen molar-refractivity contribution in [3.8, 4) is 5.75 Å². The highest BCUT2D eigenvalue weighted by atomic mass is 35.5. The highest BCUT2D eigenvalue weighted by Gasteiger charge is 2.25. The maximum absolute atomic E-state index is 14.1. The SMILES string of the molecule is CC[C@H](c1c(F)cccc1OC)N1CCNCC1.Cl.Cl. The van der Waals surface area contributed by atoms with Crippen molar-refractivity contribution in [2.45, 2.75) is 19.4 Å². The van der Waals surface area contributed by atoms with Gasteiger partial charge in [-0.1, -0.05) is 13.0 Å². The molecule has 20 heavy (non-hydrogen) atoms. The van der Waals surface area contributed by atoms with Crippen LogP contribution in [0.4, 0.5) is 4.39 Å². The highest BCUT2D eigenvalue weighted by Crippen LogP contribution is 2.33. The van der Waals surface area contributed by atoms with Crippen molar-refractivity contribution in [3.05, 3.63) is 29.6 Å². The minimum atomic E-state index is -0.167. The van der Waals surface area contributed by atoms with Crippen LogP contribution in [0.25, 0.3) is 0 Å². The molecule has 0 radical (unpaired) electrons. The van der Waals surface area contributed by atoms with Crippen molar-refractivity contribution in [2.75, 3.05) is 33.3 Å². The van der Waals surface area contributed by atoms with Crippen LogP contribution in [-0.4, -0.2) is 38.2 Å². The van der Waals surface area contributed by atoms with Gasteiger partial charge < -0.3 is 10.1 Å². The van der Waals surface area contributed by atoms with Gasteiger partial charge in [-0.15, -0.1) is 24.8 Å². The molecule has 1 aromatic rings. The Bertz CT molecular complexity index is 401. The van der Waals surface area contributed by atoms with E-state index in [1.165, 1.54) is 6.07 Å². The summed E-state index contributed by atoms with van der Waals surface area (Å²) in [6.07, 6.45) is 0.886. The van der Waals surface area contributed by atoms with Crippen LogP contribution < -0.4 is 10.1 Å². The summed E-state index contributed by atoms with van der Waals surface area (Å²) in [5.41, 5.74) is 0.699. The second kappa shape index (κ2) is 9.40. The lowest BCUT2D eigenvalue weighted by molar-refractivity contribution is 0.163. The summed E-state index contributed by atoms with van der Waals surface area (Å²) in [4.78, 5) is 2.33. The summed E-state index contributed by atoms with van der Waals surface area (Å²) < 4.78 is 19.4. The molecular weight excluding hydrogens is 302 g/mol. The van der Waals surface area contributed by atoms with Gasteiger partial charge in [-0.25, -0.2) is 4.39 Å². The molecule has 0 aromatic heterocycles. The van der Waals surface area contributed by atoms with Crippen molar-refractivity contribution in [3.63, 3.8) is 0 Å². The van der Waals surface area contributed by atoms with E-state index in [2.05, 4.69) is 17.1 Å². The van der Waals surface area contributed by atoms with E-state index in [9.17, 15) is 4.39 Å². The number of nitrogens with one attached hydrogen (secondary N) is 1. The van der Waals surface area contributed by atoms with Gasteiger partial charge >= 0.3 is 0 Å². The average Bonchev–Trinajstić information content (AvgIpc) is 2.42. The first-order chi connectivity index (χ1) is 8.77. The molecule has 0 aliphatic carbocycles. The first-order valence-electron chi connectivity index (χ1n) is 6.55. The summed E-state index contributed by atoms with van der Waals surface area (Å²) >= 11 is 0. The minimum absolute atomic E-state index is 0. The van der Waals surface area contributed by atoms with Crippen LogP contribution in [-0.2, 0) is 0 Å². The van der Waals surface area contributed by atoms with Crippen LogP contribution >= 0.6 is 24.8 Å². The van der Waals surface area contributed by atoms with Gasteiger partial charge in [0.25, 0.3) is 0 Å². The highest BCUT2D eigenvalue weighted by molar-refractivity contribution is 5.85. The Morgan fingerprint density at radius 1 is 1.30 bits per heavy atom. The van der Waals surface area contributed by atoms with E-state index in [-0.39, 0.29) is 36.7 Å². The third-order valence-electron chi connectivity index (χ3n) is 3.55. The number of nitrogens with zero attached hydrogens (tertiary/aromatic N) is 1. The van der Waals surface area contributed by atoms with Gasteiger partial charge in [-0.05, 0) is 18.6 Å². The van der Waals surface area contributed by atoms with Crippen LogP contribution in [0.15, 0.2) is 18.2 Å². The van der Waals surface area contributed by atoms with E-state index in [4.69, 9.17) is 4.74 Å². The van der Waals surface area contributed by atoms with Crippen LogP contribution in [0.1, 0.15) is 24.9 Å². The van der Waals surface area contributed by atoms with E-state index >= 15 is 0 Å². The maximum atomic E-state index is 14.1. The van der Waals surface area contributed by atoms with Gasteiger partial charge in [0.1, 0.15) is 11.6 Å². The molecule has 1 aromatic carbocycles. The summed E-state index contributed by atoms with van der Waals surface area (Å²) in [6.45, 7) is 5.94. The van der Waals surface area contributed by atoms with E-state index in [1.807, 2.05) is 6.07 Å². The van der Waals surface area contributed by atoms with E-state index in [0.29, 0.717) is 11.3 Å². The number of halogens is 3. The van der Waals surface area contributed by atoms with Crippen molar-refractivity contribution < 1.29 is 9.13 Å². The number of rotatable bonds is 4. The molecule has 1 atom stereocenters. The Labute approximate surface area is 132 Å². The molecule has 1 aliphatic rings. The fourth-order valence-corrected chi connectivity index (χ4v) is 2.66. The van der Waals surface area contributed by atoms with Gasteiger partial charge in [0.15, 0.2) is 0 Å². The first-order valence-corrected chi connectivity index (χ1v) is 6.55. The third-order valence-corrected chi connectivity index (χ3v) is 3.55. The molecular formula is C14H23Cl2FN2O. The molecule has 0 spiro atoms. The average molecular weight is 325 g/mol. The van der Waals surface area contributed by atoms with Gasteiger partial charge in [0.2, 0.25) is 0 Å². The topological polar surface area (TPSA) is 24.5 Å². The molecule has 0 saturated carbocycles. The molecule has 3 nitrogen and oxygen atoms in total.